The van der Waals surface area contributed by atoms with Gasteiger partial charge in [0.2, 0.25) is 5.91 Å². The summed E-state index contributed by atoms with van der Waals surface area (Å²) in [6.07, 6.45) is 4.26. The van der Waals surface area contributed by atoms with Gasteiger partial charge < -0.3 is 10.3 Å². The summed E-state index contributed by atoms with van der Waals surface area (Å²) in [5.74, 6) is -0.278. The van der Waals surface area contributed by atoms with Gasteiger partial charge >= 0.3 is 0 Å². The maximum Gasteiger partial charge on any atom is 0.261 e. The highest BCUT2D eigenvalue weighted by Crippen LogP contribution is 2.22. The van der Waals surface area contributed by atoms with Gasteiger partial charge in [0.05, 0.1) is 41.1 Å². The van der Waals surface area contributed by atoms with E-state index >= 15 is 0 Å². The van der Waals surface area contributed by atoms with Gasteiger partial charge in [0, 0.05) is 13.0 Å². The number of H-pyrrole nitrogens is 1. The number of amides is 1. The lowest BCUT2D eigenvalue weighted by atomic mass is 10.2. The fourth-order valence-corrected chi connectivity index (χ4v) is 3.50. The van der Waals surface area contributed by atoms with Crippen molar-refractivity contribution >= 4 is 33.5 Å². The van der Waals surface area contributed by atoms with E-state index < -0.39 is 0 Å². The number of aromatic amines is 1. The minimum atomic E-state index is -0.294. The molecule has 0 bridgehead atoms. The summed E-state index contributed by atoms with van der Waals surface area (Å²) >= 11 is 0. The zero-order valence-corrected chi connectivity index (χ0v) is 16.7. The summed E-state index contributed by atoms with van der Waals surface area (Å²) < 4.78 is 2.92. The molecule has 2 aromatic carbocycles. The Morgan fingerprint density at radius 1 is 1.00 bits per heavy atom. The van der Waals surface area contributed by atoms with Gasteiger partial charge in [-0.1, -0.05) is 24.3 Å². The molecule has 0 saturated carbocycles. The van der Waals surface area contributed by atoms with E-state index in [1.807, 2.05) is 6.07 Å². The van der Waals surface area contributed by atoms with Crippen LogP contribution in [0.15, 0.2) is 77.0 Å². The summed E-state index contributed by atoms with van der Waals surface area (Å²) in [5.41, 5.74) is 1.59. The third kappa shape index (κ3) is 3.43. The van der Waals surface area contributed by atoms with Crippen LogP contribution in [0.1, 0.15) is 6.42 Å². The highest BCUT2D eigenvalue weighted by Gasteiger charge is 2.14. The smallest absolute Gasteiger partial charge is 0.261 e. The topological polar surface area (TPSA) is 128 Å². The average Bonchev–Trinajstić information content (AvgIpc) is 3.25. The zero-order valence-electron chi connectivity index (χ0n) is 16.7. The van der Waals surface area contributed by atoms with E-state index in [4.69, 9.17) is 0 Å². The summed E-state index contributed by atoms with van der Waals surface area (Å²) in [6.45, 7) is 0.187. The van der Waals surface area contributed by atoms with Crippen LogP contribution in [-0.4, -0.2) is 35.2 Å². The molecule has 0 spiro atoms. The molecule has 0 saturated heterocycles. The van der Waals surface area contributed by atoms with Crippen molar-refractivity contribution in [2.75, 3.05) is 5.32 Å². The number of benzene rings is 2. The monoisotopic (exact) mass is 427 g/mol. The van der Waals surface area contributed by atoms with Crippen molar-refractivity contribution in [2.24, 2.45) is 0 Å². The van der Waals surface area contributed by atoms with Crippen molar-refractivity contribution in [2.45, 2.75) is 13.0 Å². The van der Waals surface area contributed by atoms with Crippen molar-refractivity contribution < 1.29 is 4.79 Å². The molecule has 3 aromatic heterocycles. The van der Waals surface area contributed by atoms with Gasteiger partial charge in [-0.3, -0.25) is 19.0 Å². The molecular weight excluding hydrogens is 410 g/mol. The van der Waals surface area contributed by atoms with E-state index in [1.54, 1.807) is 42.5 Å². The maximum atomic E-state index is 12.7. The van der Waals surface area contributed by atoms with Crippen LogP contribution in [0, 0.1) is 0 Å². The number of carbonyl (C=O) groups excluding carboxylic acids is 1. The second-order valence-corrected chi connectivity index (χ2v) is 7.10. The first kappa shape index (κ1) is 19.4. The second kappa shape index (κ2) is 7.91. The summed E-state index contributed by atoms with van der Waals surface area (Å²) in [7, 11) is 0. The normalized spacial score (nSPS) is 11.1. The van der Waals surface area contributed by atoms with Crippen molar-refractivity contribution in [3.8, 4) is 5.69 Å². The van der Waals surface area contributed by atoms with Gasteiger partial charge in [0.25, 0.3) is 11.1 Å². The fourth-order valence-electron chi connectivity index (χ4n) is 3.50. The number of anilines is 1. The van der Waals surface area contributed by atoms with E-state index in [0.29, 0.717) is 33.3 Å². The number of aryl methyl sites for hydroxylation is 1. The Hall–Kier alpha value is -4.60. The van der Waals surface area contributed by atoms with Gasteiger partial charge in [-0.15, -0.1) is 0 Å². The number of nitrogens with zero attached hydrogens (tertiary/aromatic N) is 5. The van der Waals surface area contributed by atoms with Gasteiger partial charge in [-0.25, -0.2) is 14.6 Å². The Morgan fingerprint density at radius 2 is 1.81 bits per heavy atom. The molecule has 10 heteroatoms. The predicted molar refractivity (Wildman–Crippen MR) is 119 cm³/mol. The molecule has 5 rings (SSSR count). The molecule has 10 nitrogen and oxygen atoms in total. The molecule has 0 aliphatic carbocycles. The molecule has 158 valence electrons. The predicted octanol–water partition coefficient (Wildman–Crippen LogP) is 1.85. The van der Waals surface area contributed by atoms with Crippen molar-refractivity contribution in [1.82, 2.24) is 29.3 Å². The van der Waals surface area contributed by atoms with E-state index in [9.17, 15) is 14.4 Å². The Bertz CT molecular complexity index is 1580. The number of hydrogen-bond donors (Lipinski definition) is 2. The molecular formula is C22H17N7O3. The van der Waals surface area contributed by atoms with Crippen LogP contribution in [0.5, 0.6) is 0 Å². The summed E-state index contributed by atoms with van der Waals surface area (Å²) in [5, 5.41) is 7.97. The zero-order chi connectivity index (χ0) is 22.1. The van der Waals surface area contributed by atoms with Crippen LogP contribution in [0.4, 0.5) is 5.69 Å². The van der Waals surface area contributed by atoms with Crippen molar-refractivity contribution in [3.05, 3.63) is 88.1 Å². The minimum absolute atomic E-state index is 0.0754. The number of rotatable bonds is 5. The van der Waals surface area contributed by atoms with Gasteiger partial charge in [0.15, 0.2) is 5.65 Å². The fraction of sp³-hybridized carbons (Fsp3) is 0.0909. The molecule has 0 aliphatic rings. The Morgan fingerprint density at radius 3 is 2.72 bits per heavy atom. The lowest BCUT2D eigenvalue weighted by Crippen LogP contribution is -2.24. The molecule has 2 N–H and O–H groups in total. The molecule has 0 atom stereocenters. The molecule has 3 heterocycles. The summed E-state index contributed by atoms with van der Waals surface area (Å²) in [6, 6.07) is 14.2. The van der Waals surface area contributed by atoms with Crippen LogP contribution >= 0.6 is 0 Å². The minimum Gasteiger partial charge on any atom is -0.324 e. The van der Waals surface area contributed by atoms with E-state index in [0.717, 1.165) is 0 Å². The first-order valence-electron chi connectivity index (χ1n) is 9.87. The van der Waals surface area contributed by atoms with Crippen LogP contribution in [-0.2, 0) is 11.3 Å². The van der Waals surface area contributed by atoms with Crippen molar-refractivity contribution in [1.29, 1.82) is 0 Å². The van der Waals surface area contributed by atoms with E-state index in [1.165, 1.54) is 28.1 Å². The molecule has 32 heavy (non-hydrogen) atoms. The Kier molecular flexibility index (Phi) is 4.79. The molecule has 0 unspecified atom stereocenters. The first-order chi connectivity index (χ1) is 15.6. The quantitative estimate of drug-likeness (QED) is 0.441. The second-order valence-electron chi connectivity index (χ2n) is 7.10. The molecule has 0 radical (unpaired) electrons. The Balaban J connectivity index is 1.38. The van der Waals surface area contributed by atoms with Crippen LogP contribution < -0.4 is 16.4 Å². The first-order valence-corrected chi connectivity index (χ1v) is 9.87. The number of nitrogens with one attached hydrogen (secondary N) is 2. The molecule has 5 aromatic rings. The lowest BCUT2D eigenvalue weighted by Gasteiger charge is -2.12. The maximum absolute atomic E-state index is 12.7. The summed E-state index contributed by atoms with van der Waals surface area (Å²) in [4.78, 5) is 48.2. The highest BCUT2D eigenvalue weighted by atomic mass is 16.2. The molecule has 0 aliphatic heterocycles. The number of hydrogen-bond acceptors (Lipinski definition) is 6. The number of aromatic nitrogens is 6. The van der Waals surface area contributed by atoms with Gasteiger partial charge in [-0.2, -0.15) is 5.10 Å². The molecule has 1 amide bonds. The molecule has 0 fully saturated rings. The van der Waals surface area contributed by atoms with Crippen LogP contribution in [0.3, 0.4) is 0 Å². The van der Waals surface area contributed by atoms with E-state index in [2.05, 4.69) is 25.4 Å². The number of fused-ring (bicyclic) bond motifs is 2. The third-order valence-electron chi connectivity index (χ3n) is 5.09. The average molecular weight is 427 g/mol. The highest BCUT2D eigenvalue weighted by molar-refractivity contribution is 5.93. The van der Waals surface area contributed by atoms with Gasteiger partial charge in [0.1, 0.15) is 5.39 Å². The van der Waals surface area contributed by atoms with Gasteiger partial charge in [-0.05, 0) is 24.3 Å². The van der Waals surface area contributed by atoms with E-state index in [-0.39, 0.29) is 30.0 Å². The van der Waals surface area contributed by atoms with Crippen molar-refractivity contribution in [3.63, 3.8) is 0 Å². The number of para-hydroxylation sites is 3. The lowest BCUT2D eigenvalue weighted by molar-refractivity contribution is -0.116. The Labute approximate surface area is 180 Å². The standard InChI is InChI=1S/C22H17N7O3/c30-19(9-10-28-13-25-16-6-2-1-5-14(16)22(28)32)27-17-7-3-4-8-18(17)29-20-15(11-26-29)21(31)24-12-23-20/h1-8,11-13H,9-10H2,(H,27,30)(H,23,24,31). The largest absolute Gasteiger partial charge is 0.324 e. The third-order valence-corrected chi connectivity index (χ3v) is 5.09. The SMILES string of the molecule is O=C(CCn1cnc2ccccc2c1=O)Nc1ccccc1-n1ncc2c(=O)[nH]cnc21. The van der Waals surface area contributed by atoms with Crippen LogP contribution in [0.2, 0.25) is 0 Å². The number of carbonyl (C=O) groups is 1. The van der Waals surface area contributed by atoms with Crippen LogP contribution in [0.25, 0.3) is 27.6 Å².